The highest BCUT2D eigenvalue weighted by molar-refractivity contribution is 5.75. The van der Waals surface area contributed by atoms with Crippen LogP contribution in [-0.4, -0.2) is 49.1 Å². The first-order valence-electron chi connectivity index (χ1n) is 9.23. The standard InChI is InChI=1S/C18H35N3O/c1-4-15-6-5-11-21(13-15)18(2,3)14-20-17(22)8-7-16-9-10-19-12-16/h15-16,19H,4-14H2,1-3H3,(H,20,22). The highest BCUT2D eigenvalue weighted by Gasteiger charge is 2.31. The van der Waals surface area contributed by atoms with Crippen LogP contribution in [-0.2, 0) is 4.79 Å². The van der Waals surface area contributed by atoms with E-state index in [2.05, 4.69) is 36.3 Å². The lowest BCUT2D eigenvalue weighted by atomic mass is 9.91. The van der Waals surface area contributed by atoms with Gasteiger partial charge < -0.3 is 10.6 Å². The average Bonchev–Trinajstić information content (AvgIpc) is 3.04. The second-order valence-electron chi connectivity index (χ2n) is 7.85. The van der Waals surface area contributed by atoms with Gasteiger partial charge in [-0.1, -0.05) is 13.3 Å². The van der Waals surface area contributed by atoms with Gasteiger partial charge in [-0.3, -0.25) is 9.69 Å². The number of carbonyl (C=O) groups excluding carboxylic acids is 1. The molecule has 0 aromatic rings. The number of rotatable bonds is 7. The lowest BCUT2D eigenvalue weighted by Crippen LogP contribution is -2.54. The number of carbonyl (C=O) groups is 1. The van der Waals surface area contributed by atoms with Crippen LogP contribution in [0.15, 0.2) is 0 Å². The van der Waals surface area contributed by atoms with E-state index < -0.39 is 0 Å². The number of amides is 1. The van der Waals surface area contributed by atoms with Crippen LogP contribution in [0.2, 0.25) is 0 Å². The molecule has 2 heterocycles. The van der Waals surface area contributed by atoms with E-state index in [0.717, 1.165) is 32.0 Å². The number of hydrogen-bond donors (Lipinski definition) is 2. The van der Waals surface area contributed by atoms with Gasteiger partial charge in [0.05, 0.1) is 0 Å². The van der Waals surface area contributed by atoms with Crippen molar-refractivity contribution in [2.24, 2.45) is 11.8 Å². The molecule has 0 radical (unpaired) electrons. The zero-order valence-corrected chi connectivity index (χ0v) is 14.8. The predicted octanol–water partition coefficient (Wildman–Crippen LogP) is 2.39. The zero-order valence-electron chi connectivity index (χ0n) is 14.8. The van der Waals surface area contributed by atoms with Gasteiger partial charge in [0.2, 0.25) is 5.91 Å². The summed E-state index contributed by atoms with van der Waals surface area (Å²) in [6, 6.07) is 0. The Morgan fingerprint density at radius 3 is 2.82 bits per heavy atom. The molecule has 1 amide bonds. The van der Waals surface area contributed by atoms with Crippen LogP contribution in [0.5, 0.6) is 0 Å². The summed E-state index contributed by atoms with van der Waals surface area (Å²) >= 11 is 0. The van der Waals surface area contributed by atoms with Crippen LogP contribution in [0, 0.1) is 11.8 Å². The normalized spacial score (nSPS) is 27.0. The van der Waals surface area contributed by atoms with Gasteiger partial charge in [0.25, 0.3) is 0 Å². The molecule has 2 fully saturated rings. The molecule has 0 spiro atoms. The molecular weight excluding hydrogens is 274 g/mol. The molecule has 0 aromatic heterocycles. The third-order valence-corrected chi connectivity index (χ3v) is 5.61. The second kappa shape index (κ2) is 8.30. The molecule has 0 saturated carbocycles. The Bertz CT molecular complexity index is 350. The molecule has 2 aliphatic heterocycles. The smallest absolute Gasteiger partial charge is 0.220 e. The Balaban J connectivity index is 1.70. The minimum absolute atomic E-state index is 0.0679. The van der Waals surface area contributed by atoms with E-state index in [9.17, 15) is 4.79 Å². The quantitative estimate of drug-likeness (QED) is 0.759. The third kappa shape index (κ3) is 5.24. The predicted molar refractivity (Wildman–Crippen MR) is 91.9 cm³/mol. The lowest BCUT2D eigenvalue weighted by Gasteiger charge is -2.43. The van der Waals surface area contributed by atoms with Gasteiger partial charge in [-0.2, -0.15) is 0 Å². The summed E-state index contributed by atoms with van der Waals surface area (Å²) in [6.07, 6.45) is 6.87. The Morgan fingerprint density at radius 1 is 1.32 bits per heavy atom. The van der Waals surface area contributed by atoms with Crippen LogP contribution in [0.1, 0.15) is 59.3 Å². The van der Waals surface area contributed by atoms with Gasteiger partial charge in [-0.05, 0) is 71.0 Å². The molecule has 22 heavy (non-hydrogen) atoms. The Morgan fingerprint density at radius 2 is 2.14 bits per heavy atom. The Labute approximate surface area is 136 Å². The summed E-state index contributed by atoms with van der Waals surface area (Å²) in [5.74, 6) is 1.76. The monoisotopic (exact) mass is 309 g/mol. The molecule has 2 atom stereocenters. The van der Waals surface area contributed by atoms with Crippen LogP contribution < -0.4 is 10.6 Å². The van der Waals surface area contributed by atoms with Gasteiger partial charge in [0, 0.05) is 25.0 Å². The van der Waals surface area contributed by atoms with Crippen molar-refractivity contribution in [1.82, 2.24) is 15.5 Å². The van der Waals surface area contributed by atoms with Gasteiger partial charge in [-0.25, -0.2) is 0 Å². The number of nitrogens with one attached hydrogen (secondary N) is 2. The molecule has 4 nitrogen and oxygen atoms in total. The molecule has 128 valence electrons. The van der Waals surface area contributed by atoms with Crippen molar-refractivity contribution in [3.05, 3.63) is 0 Å². The largest absolute Gasteiger partial charge is 0.354 e. The first-order valence-corrected chi connectivity index (χ1v) is 9.23. The van der Waals surface area contributed by atoms with E-state index in [4.69, 9.17) is 0 Å². The van der Waals surface area contributed by atoms with Crippen LogP contribution in [0.4, 0.5) is 0 Å². The summed E-state index contributed by atoms with van der Waals surface area (Å²) in [7, 11) is 0. The van der Waals surface area contributed by atoms with E-state index in [1.54, 1.807) is 0 Å². The molecular formula is C18H35N3O. The fraction of sp³-hybridized carbons (Fsp3) is 0.944. The number of likely N-dealkylation sites (tertiary alicyclic amines) is 1. The van der Waals surface area contributed by atoms with Crippen molar-refractivity contribution in [2.75, 3.05) is 32.7 Å². The van der Waals surface area contributed by atoms with E-state index in [1.807, 2.05) is 0 Å². The van der Waals surface area contributed by atoms with E-state index >= 15 is 0 Å². The molecule has 2 aliphatic rings. The van der Waals surface area contributed by atoms with Gasteiger partial charge in [0.1, 0.15) is 0 Å². The minimum Gasteiger partial charge on any atom is -0.354 e. The molecule has 2 saturated heterocycles. The molecule has 0 bridgehead atoms. The molecule has 2 unspecified atom stereocenters. The lowest BCUT2D eigenvalue weighted by molar-refractivity contribution is -0.122. The zero-order chi connectivity index (χ0) is 16.0. The van der Waals surface area contributed by atoms with Crippen molar-refractivity contribution < 1.29 is 4.79 Å². The summed E-state index contributed by atoms with van der Waals surface area (Å²) in [6.45, 7) is 12.2. The SMILES string of the molecule is CCC1CCCN(C(C)(C)CNC(=O)CCC2CCNC2)C1. The molecule has 0 aromatic carbocycles. The number of nitrogens with zero attached hydrogens (tertiary/aromatic N) is 1. The first-order chi connectivity index (χ1) is 10.5. The van der Waals surface area contributed by atoms with Crippen molar-refractivity contribution in [1.29, 1.82) is 0 Å². The maximum absolute atomic E-state index is 12.1. The Hall–Kier alpha value is -0.610. The van der Waals surface area contributed by atoms with Crippen LogP contribution >= 0.6 is 0 Å². The maximum atomic E-state index is 12.1. The second-order valence-corrected chi connectivity index (χ2v) is 7.85. The fourth-order valence-electron chi connectivity index (χ4n) is 3.76. The summed E-state index contributed by atoms with van der Waals surface area (Å²) in [4.78, 5) is 14.7. The van der Waals surface area contributed by atoms with Gasteiger partial charge >= 0.3 is 0 Å². The van der Waals surface area contributed by atoms with E-state index in [1.165, 1.54) is 38.8 Å². The number of hydrogen-bond acceptors (Lipinski definition) is 3. The third-order valence-electron chi connectivity index (χ3n) is 5.61. The van der Waals surface area contributed by atoms with Crippen LogP contribution in [0.25, 0.3) is 0 Å². The van der Waals surface area contributed by atoms with Crippen molar-refractivity contribution >= 4 is 5.91 Å². The van der Waals surface area contributed by atoms with Crippen molar-refractivity contribution in [2.45, 2.75) is 64.8 Å². The molecule has 2 rings (SSSR count). The molecule has 4 heteroatoms. The van der Waals surface area contributed by atoms with Crippen LogP contribution in [0.3, 0.4) is 0 Å². The maximum Gasteiger partial charge on any atom is 0.220 e. The topological polar surface area (TPSA) is 44.4 Å². The first kappa shape index (κ1) is 17.7. The van der Waals surface area contributed by atoms with E-state index in [-0.39, 0.29) is 11.4 Å². The summed E-state index contributed by atoms with van der Waals surface area (Å²) in [5, 5.41) is 6.54. The molecule has 2 N–H and O–H groups in total. The van der Waals surface area contributed by atoms with Gasteiger partial charge in [-0.15, -0.1) is 0 Å². The van der Waals surface area contributed by atoms with Crippen molar-refractivity contribution in [3.63, 3.8) is 0 Å². The average molecular weight is 309 g/mol. The summed E-state index contributed by atoms with van der Waals surface area (Å²) in [5.41, 5.74) is 0.0679. The van der Waals surface area contributed by atoms with Crippen molar-refractivity contribution in [3.8, 4) is 0 Å². The minimum atomic E-state index is 0.0679. The highest BCUT2D eigenvalue weighted by atomic mass is 16.1. The Kier molecular flexibility index (Phi) is 6.69. The number of piperidine rings is 1. The van der Waals surface area contributed by atoms with Gasteiger partial charge in [0.15, 0.2) is 0 Å². The summed E-state index contributed by atoms with van der Waals surface area (Å²) < 4.78 is 0. The fourth-order valence-corrected chi connectivity index (χ4v) is 3.76. The molecule has 0 aliphatic carbocycles. The highest BCUT2D eigenvalue weighted by Crippen LogP contribution is 2.25. The van der Waals surface area contributed by atoms with E-state index in [0.29, 0.717) is 12.3 Å².